The first-order valence-electron chi connectivity index (χ1n) is 8.52. The van der Waals surface area contributed by atoms with Gasteiger partial charge in [0.15, 0.2) is 11.6 Å². The highest BCUT2D eigenvalue weighted by atomic mass is 19.1. The summed E-state index contributed by atoms with van der Waals surface area (Å²) < 4.78 is 20.6. The summed E-state index contributed by atoms with van der Waals surface area (Å²) in [6.45, 7) is 1.44. The van der Waals surface area contributed by atoms with E-state index in [1.165, 1.54) is 13.2 Å². The van der Waals surface area contributed by atoms with Crippen LogP contribution >= 0.6 is 0 Å². The highest BCUT2D eigenvalue weighted by Gasteiger charge is 2.27. The first kappa shape index (κ1) is 17.4. The summed E-state index contributed by atoms with van der Waals surface area (Å²) in [7, 11) is 3.36. The van der Waals surface area contributed by atoms with E-state index in [4.69, 9.17) is 4.74 Å². The number of ether oxygens (including phenoxy) is 1. The Hall–Kier alpha value is -2.44. The van der Waals surface area contributed by atoms with Crippen LogP contribution in [0.25, 0.3) is 0 Å². The monoisotopic (exact) mass is 346 g/mol. The molecule has 0 spiro atoms. The Balaban J connectivity index is 1.57. The molecule has 0 bridgehead atoms. The summed E-state index contributed by atoms with van der Waals surface area (Å²) in [5, 5.41) is 8.10. The molecule has 1 atom stereocenters. The molecule has 7 heteroatoms. The number of halogens is 1. The van der Waals surface area contributed by atoms with Gasteiger partial charge in [-0.25, -0.2) is 4.39 Å². The van der Waals surface area contributed by atoms with Crippen LogP contribution in [0.3, 0.4) is 0 Å². The van der Waals surface area contributed by atoms with Gasteiger partial charge in [-0.15, -0.1) is 10.2 Å². The van der Waals surface area contributed by atoms with E-state index in [1.807, 2.05) is 16.5 Å². The van der Waals surface area contributed by atoms with Crippen molar-refractivity contribution >= 4 is 5.91 Å². The predicted octanol–water partition coefficient (Wildman–Crippen LogP) is 2.30. The van der Waals surface area contributed by atoms with E-state index < -0.39 is 5.82 Å². The average Bonchev–Trinajstić information content (AvgIpc) is 3.06. The van der Waals surface area contributed by atoms with Crippen LogP contribution in [0.2, 0.25) is 0 Å². The third-order valence-corrected chi connectivity index (χ3v) is 4.73. The van der Waals surface area contributed by atoms with Crippen molar-refractivity contribution in [2.75, 3.05) is 20.2 Å². The molecule has 1 saturated heterocycles. The van der Waals surface area contributed by atoms with Crippen LogP contribution in [-0.4, -0.2) is 45.8 Å². The molecule has 2 aromatic rings. The van der Waals surface area contributed by atoms with Gasteiger partial charge in [-0.05, 0) is 37.0 Å². The van der Waals surface area contributed by atoms with Crippen molar-refractivity contribution < 1.29 is 13.9 Å². The fourth-order valence-electron chi connectivity index (χ4n) is 3.35. The van der Waals surface area contributed by atoms with Crippen LogP contribution < -0.4 is 4.74 Å². The summed E-state index contributed by atoms with van der Waals surface area (Å²) in [6.07, 6.45) is 4.55. The SMILES string of the molecule is COc1ccc(CCC(=O)N2CCC[C@@H](c3nncn3C)C2)cc1F. The number of rotatable bonds is 5. The van der Waals surface area contributed by atoms with Crippen LogP contribution in [0.1, 0.15) is 36.6 Å². The molecule has 1 aromatic heterocycles. The minimum absolute atomic E-state index is 0.100. The number of hydrogen-bond acceptors (Lipinski definition) is 4. The van der Waals surface area contributed by atoms with Crippen LogP contribution in [0.5, 0.6) is 5.75 Å². The first-order chi connectivity index (χ1) is 12.1. The second-order valence-electron chi connectivity index (χ2n) is 6.45. The number of carbonyl (C=O) groups is 1. The fourth-order valence-corrected chi connectivity index (χ4v) is 3.35. The van der Waals surface area contributed by atoms with Gasteiger partial charge in [0.05, 0.1) is 7.11 Å². The number of methoxy groups -OCH3 is 1. The average molecular weight is 346 g/mol. The minimum Gasteiger partial charge on any atom is -0.494 e. The molecule has 0 N–H and O–H groups in total. The van der Waals surface area contributed by atoms with Crippen LogP contribution in [0.15, 0.2) is 24.5 Å². The number of likely N-dealkylation sites (tertiary alicyclic amines) is 1. The topological polar surface area (TPSA) is 60.2 Å². The Bertz CT molecular complexity index is 746. The summed E-state index contributed by atoms with van der Waals surface area (Å²) in [5.41, 5.74) is 0.800. The Morgan fingerprint density at radius 3 is 2.96 bits per heavy atom. The van der Waals surface area contributed by atoms with Gasteiger partial charge in [-0.3, -0.25) is 4.79 Å². The van der Waals surface area contributed by atoms with Crippen LogP contribution in [0.4, 0.5) is 4.39 Å². The molecule has 6 nitrogen and oxygen atoms in total. The lowest BCUT2D eigenvalue weighted by atomic mass is 9.96. The van der Waals surface area contributed by atoms with Crippen molar-refractivity contribution in [2.24, 2.45) is 7.05 Å². The van der Waals surface area contributed by atoms with Gasteiger partial charge in [0.2, 0.25) is 5.91 Å². The van der Waals surface area contributed by atoms with E-state index in [2.05, 4.69) is 10.2 Å². The fraction of sp³-hybridized carbons (Fsp3) is 0.500. The van der Waals surface area contributed by atoms with Gasteiger partial charge in [0.25, 0.3) is 0 Å². The van der Waals surface area contributed by atoms with Gasteiger partial charge in [-0.1, -0.05) is 6.07 Å². The summed E-state index contributed by atoms with van der Waals surface area (Å²) in [6, 6.07) is 4.83. The molecule has 2 heterocycles. The molecule has 1 fully saturated rings. The number of aryl methyl sites for hydroxylation is 2. The number of piperidine rings is 1. The third-order valence-electron chi connectivity index (χ3n) is 4.73. The molecular formula is C18H23FN4O2. The molecule has 1 aromatic carbocycles. The summed E-state index contributed by atoms with van der Waals surface area (Å²) in [4.78, 5) is 14.4. The van der Waals surface area contributed by atoms with Crippen molar-refractivity contribution in [3.8, 4) is 5.75 Å². The lowest BCUT2D eigenvalue weighted by Crippen LogP contribution is -2.39. The van der Waals surface area contributed by atoms with Crippen LogP contribution in [-0.2, 0) is 18.3 Å². The number of benzene rings is 1. The first-order valence-corrected chi connectivity index (χ1v) is 8.52. The number of carbonyl (C=O) groups excluding carboxylic acids is 1. The Labute approximate surface area is 146 Å². The zero-order valence-electron chi connectivity index (χ0n) is 14.6. The van der Waals surface area contributed by atoms with E-state index in [0.29, 0.717) is 19.4 Å². The molecular weight excluding hydrogens is 323 g/mol. The van der Waals surface area contributed by atoms with Crippen molar-refractivity contribution in [3.05, 3.63) is 41.7 Å². The molecule has 1 aliphatic heterocycles. The molecule has 3 rings (SSSR count). The van der Waals surface area contributed by atoms with Gasteiger partial charge in [0.1, 0.15) is 12.2 Å². The van der Waals surface area contributed by atoms with E-state index >= 15 is 0 Å². The van der Waals surface area contributed by atoms with Crippen molar-refractivity contribution in [2.45, 2.75) is 31.6 Å². The highest BCUT2D eigenvalue weighted by molar-refractivity contribution is 5.76. The normalized spacial score (nSPS) is 17.6. The lowest BCUT2D eigenvalue weighted by Gasteiger charge is -2.32. The number of amides is 1. The molecule has 134 valence electrons. The molecule has 25 heavy (non-hydrogen) atoms. The third kappa shape index (κ3) is 3.97. The second-order valence-corrected chi connectivity index (χ2v) is 6.45. The number of hydrogen-bond donors (Lipinski definition) is 0. The van der Waals surface area contributed by atoms with E-state index in [1.54, 1.807) is 18.5 Å². The number of nitrogens with zero attached hydrogens (tertiary/aromatic N) is 4. The smallest absolute Gasteiger partial charge is 0.222 e. The van der Waals surface area contributed by atoms with Crippen molar-refractivity contribution in [1.29, 1.82) is 0 Å². The maximum Gasteiger partial charge on any atom is 0.222 e. The molecule has 0 unspecified atom stereocenters. The molecule has 0 radical (unpaired) electrons. The summed E-state index contributed by atoms with van der Waals surface area (Å²) >= 11 is 0. The van der Waals surface area contributed by atoms with Gasteiger partial charge in [0, 0.05) is 32.5 Å². The Kier molecular flexibility index (Phi) is 5.31. The minimum atomic E-state index is -0.396. The quantitative estimate of drug-likeness (QED) is 0.833. The molecule has 1 aliphatic rings. The van der Waals surface area contributed by atoms with E-state index in [0.717, 1.165) is 30.8 Å². The predicted molar refractivity (Wildman–Crippen MR) is 90.8 cm³/mol. The molecule has 0 aliphatic carbocycles. The maximum absolute atomic E-state index is 13.7. The Morgan fingerprint density at radius 1 is 1.44 bits per heavy atom. The second kappa shape index (κ2) is 7.63. The van der Waals surface area contributed by atoms with Gasteiger partial charge in [-0.2, -0.15) is 0 Å². The highest BCUT2D eigenvalue weighted by Crippen LogP contribution is 2.26. The van der Waals surface area contributed by atoms with Crippen LogP contribution in [0, 0.1) is 5.82 Å². The zero-order valence-corrected chi connectivity index (χ0v) is 14.6. The van der Waals surface area contributed by atoms with Gasteiger partial charge < -0.3 is 14.2 Å². The molecule has 1 amide bonds. The van der Waals surface area contributed by atoms with E-state index in [9.17, 15) is 9.18 Å². The van der Waals surface area contributed by atoms with Gasteiger partial charge >= 0.3 is 0 Å². The lowest BCUT2D eigenvalue weighted by molar-refractivity contribution is -0.132. The van der Waals surface area contributed by atoms with Crippen molar-refractivity contribution in [3.63, 3.8) is 0 Å². The standard InChI is InChI=1S/C18H23FN4O2/c1-22-12-20-21-18(22)14-4-3-9-23(11-14)17(24)8-6-13-5-7-16(25-2)15(19)10-13/h5,7,10,12,14H,3-4,6,8-9,11H2,1-2H3/t14-/m1/s1. The van der Waals surface area contributed by atoms with E-state index in [-0.39, 0.29) is 17.6 Å². The van der Waals surface area contributed by atoms with Crippen molar-refractivity contribution in [1.82, 2.24) is 19.7 Å². The maximum atomic E-state index is 13.7. The summed E-state index contributed by atoms with van der Waals surface area (Å²) in [5.74, 6) is 1.08. The largest absolute Gasteiger partial charge is 0.494 e. The molecule has 0 saturated carbocycles. The number of aromatic nitrogens is 3. The Morgan fingerprint density at radius 2 is 2.28 bits per heavy atom. The zero-order chi connectivity index (χ0) is 17.8.